The summed E-state index contributed by atoms with van der Waals surface area (Å²) in [5.74, 6) is -0.580. The highest BCUT2D eigenvalue weighted by Crippen LogP contribution is 2.70. The Hall–Kier alpha value is -1.27. The third kappa shape index (κ3) is 5.56. The van der Waals surface area contributed by atoms with Crippen molar-refractivity contribution in [1.82, 2.24) is 0 Å². The molecule has 3 aliphatic heterocycles. The number of carbonyl (C=O) groups is 1. The van der Waals surface area contributed by atoms with E-state index in [1.807, 2.05) is 13.0 Å². The zero-order chi connectivity index (χ0) is 35.2. The summed E-state index contributed by atoms with van der Waals surface area (Å²) >= 11 is 0. The molecule has 0 aromatic carbocycles. The zero-order valence-corrected chi connectivity index (χ0v) is 28.4. The number of esters is 1. The Labute approximate surface area is 285 Å². The minimum atomic E-state index is -1.66. The third-order valence-electron chi connectivity index (χ3n) is 14.1. The summed E-state index contributed by atoms with van der Waals surface area (Å²) in [6, 6.07) is 0. The van der Waals surface area contributed by atoms with E-state index >= 15 is 0 Å². The van der Waals surface area contributed by atoms with Crippen molar-refractivity contribution in [3.63, 3.8) is 0 Å². The van der Waals surface area contributed by atoms with Crippen LogP contribution in [0.3, 0.4) is 0 Å². The van der Waals surface area contributed by atoms with Gasteiger partial charge >= 0.3 is 5.97 Å². The van der Waals surface area contributed by atoms with Crippen molar-refractivity contribution in [2.45, 2.75) is 151 Å². The van der Waals surface area contributed by atoms with E-state index in [-0.39, 0.29) is 47.8 Å². The molecule has 7 aliphatic rings. The van der Waals surface area contributed by atoms with Crippen LogP contribution in [0.25, 0.3) is 0 Å². The van der Waals surface area contributed by atoms with Crippen molar-refractivity contribution in [2.24, 2.45) is 34.5 Å². The molecule has 4 aliphatic carbocycles. The minimum absolute atomic E-state index is 0.123. The fourth-order valence-corrected chi connectivity index (χ4v) is 11.5. The van der Waals surface area contributed by atoms with Gasteiger partial charge in [0, 0.05) is 11.0 Å². The highest BCUT2D eigenvalue weighted by molar-refractivity contribution is 5.91. The van der Waals surface area contributed by atoms with E-state index in [2.05, 4.69) is 6.92 Å². The second-order valence-corrected chi connectivity index (χ2v) is 16.4. The summed E-state index contributed by atoms with van der Waals surface area (Å²) < 4.78 is 28.4. The minimum Gasteiger partial charge on any atom is -0.458 e. The van der Waals surface area contributed by atoms with Gasteiger partial charge in [-0.1, -0.05) is 13.8 Å². The number of carbonyl (C=O) groups excluding carboxylic acids is 1. The molecule has 6 fully saturated rings. The van der Waals surface area contributed by atoms with Crippen LogP contribution in [0.15, 0.2) is 11.6 Å². The highest BCUT2D eigenvalue weighted by atomic mass is 16.7. The molecule has 2 saturated heterocycles. The van der Waals surface area contributed by atoms with Gasteiger partial charge in [-0.15, -0.1) is 0 Å². The van der Waals surface area contributed by atoms with Gasteiger partial charge in [0.15, 0.2) is 12.6 Å². The van der Waals surface area contributed by atoms with Gasteiger partial charge in [0.25, 0.3) is 0 Å². The molecule has 0 amide bonds. The number of fused-ring (bicyclic) bond motifs is 5. The molecule has 14 heteroatoms. The van der Waals surface area contributed by atoms with E-state index in [9.17, 15) is 45.6 Å². The smallest absolute Gasteiger partial charge is 0.334 e. The van der Waals surface area contributed by atoms with Gasteiger partial charge in [-0.05, 0) is 93.5 Å². The molecule has 49 heavy (non-hydrogen) atoms. The average Bonchev–Trinajstić information content (AvgIpc) is 3.60. The molecule has 19 atom stereocenters. The number of aliphatic hydroxyl groups excluding tert-OH is 7. The van der Waals surface area contributed by atoms with Crippen LogP contribution >= 0.6 is 0 Å². The maximum atomic E-state index is 12.5. The molecule has 3 heterocycles. The normalized spacial score (nSPS) is 56.0. The maximum Gasteiger partial charge on any atom is 0.334 e. The monoisotopic (exact) mass is 698 g/mol. The Morgan fingerprint density at radius 1 is 0.898 bits per heavy atom. The van der Waals surface area contributed by atoms with Gasteiger partial charge in [-0.3, -0.25) is 0 Å². The second kappa shape index (κ2) is 13.0. The summed E-state index contributed by atoms with van der Waals surface area (Å²) in [4.78, 5) is 12.5. The Kier molecular flexibility index (Phi) is 9.57. The lowest BCUT2D eigenvalue weighted by molar-refractivity contribution is -0.357. The van der Waals surface area contributed by atoms with Gasteiger partial charge in [0.2, 0.25) is 0 Å². The second-order valence-electron chi connectivity index (χ2n) is 16.4. The largest absolute Gasteiger partial charge is 0.458 e. The highest BCUT2D eigenvalue weighted by Gasteiger charge is 2.70. The van der Waals surface area contributed by atoms with Crippen LogP contribution < -0.4 is 0 Å². The van der Waals surface area contributed by atoms with Crippen molar-refractivity contribution in [1.29, 1.82) is 0 Å². The first-order valence-corrected chi connectivity index (χ1v) is 18.0. The summed E-state index contributed by atoms with van der Waals surface area (Å²) in [5, 5.41) is 87.1. The van der Waals surface area contributed by atoms with E-state index in [0.717, 1.165) is 12.8 Å². The van der Waals surface area contributed by atoms with Crippen molar-refractivity contribution >= 4 is 5.97 Å². The van der Waals surface area contributed by atoms with Gasteiger partial charge in [0.05, 0.1) is 30.5 Å². The number of rotatable bonds is 6. The Bertz CT molecular complexity index is 1280. The van der Waals surface area contributed by atoms with Crippen LogP contribution in [-0.4, -0.2) is 139 Å². The predicted molar refractivity (Wildman–Crippen MR) is 167 cm³/mol. The topological polar surface area (TPSA) is 225 Å². The van der Waals surface area contributed by atoms with Crippen LogP contribution in [0.2, 0.25) is 0 Å². The Morgan fingerprint density at radius 3 is 2.33 bits per heavy atom. The number of aliphatic hydroxyl groups is 8. The third-order valence-corrected chi connectivity index (χ3v) is 14.1. The first-order chi connectivity index (χ1) is 23.1. The molecular weight excluding hydrogens is 644 g/mol. The number of cyclic esters (lactones) is 1. The number of ether oxygens (including phenoxy) is 5. The SMILES string of the molecule is C[C@H]1O[C@H](O)[C@H](O)[C@@H](O)[C@@H]1O[C@H]1O[C@H](CO)[C@H](O[C@H]2CC[C@@]3(C)[C@H](CC[C@H]4[C@@H]3[C@@H](O)C[C@]3(C)[C@@H](C5=CCOC5=O)CC[C@]43O)C2)[C@H](O)[C@H]1O. The lowest BCUT2D eigenvalue weighted by atomic mass is 9.42. The molecule has 0 unspecified atom stereocenters. The fraction of sp³-hybridized carbons (Fsp3) is 0.914. The molecule has 0 aromatic rings. The number of hydrogen-bond acceptors (Lipinski definition) is 14. The zero-order valence-electron chi connectivity index (χ0n) is 28.4. The van der Waals surface area contributed by atoms with Crippen LogP contribution in [0.5, 0.6) is 0 Å². The maximum absolute atomic E-state index is 12.5. The molecule has 8 N–H and O–H groups in total. The van der Waals surface area contributed by atoms with E-state index in [1.165, 1.54) is 6.92 Å². The molecule has 0 aromatic heterocycles. The Balaban J connectivity index is 1.02. The molecule has 0 spiro atoms. The summed E-state index contributed by atoms with van der Waals surface area (Å²) in [6.45, 7) is 5.46. The van der Waals surface area contributed by atoms with E-state index in [4.69, 9.17) is 23.7 Å². The fourth-order valence-electron chi connectivity index (χ4n) is 11.5. The average molecular weight is 699 g/mol. The van der Waals surface area contributed by atoms with Crippen molar-refractivity contribution < 1.29 is 69.3 Å². The van der Waals surface area contributed by atoms with Gasteiger partial charge in [0.1, 0.15) is 49.3 Å². The van der Waals surface area contributed by atoms with Crippen LogP contribution in [-0.2, 0) is 28.5 Å². The molecular formula is C35H54O14. The molecule has 0 radical (unpaired) electrons. The standard InChI is InChI=1S/C35H54O14/c1-15-28(24(38)26(40)31(43)46-15)49-32-27(41)25(39)29(22(14-36)48-32)47-17-6-9-33(2)16(12-17)4-5-20-23(33)21(37)13-34(3)19(7-10-35(20,34)44)18-8-11-45-30(18)42/h8,15-17,19-29,31-32,36-41,43-44H,4-7,9-14H2,1-3H3/t15-,16-,17+,19-,20+,21+,22-,23-,24-,25-,26-,27-,28-,29+,31+,32-,33+,34-,35+/m1/s1. The molecule has 14 nitrogen and oxygen atoms in total. The summed E-state index contributed by atoms with van der Waals surface area (Å²) in [5.41, 5.74) is -1.31. The van der Waals surface area contributed by atoms with Gasteiger partial charge in [-0.25, -0.2) is 4.79 Å². The van der Waals surface area contributed by atoms with Crippen molar-refractivity contribution in [3.8, 4) is 0 Å². The Morgan fingerprint density at radius 2 is 1.63 bits per heavy atom. The van der Waals surface area contributed by atoms with Crippen LogP contribution in [0.1, 0.15) is 72.1 Å². The number of hydrogen-bond donors (Lipinski definition) is 8. The van der Waals surface area contributed by atoms with E-state index < -0.39 is 85.1 Å². The summed E-state index contributed by atoms with van der Waals surface area (Å²) in [6.07, 6.45) is -7.73. The summed E-state index contributed by atoms with van der Waals surface area (Å²) in [7, 11) is 0. The van der Waals surface area contributed by atoms with Crippen LogP contribution in [0, 0.1) is 34.5 Å². The lowest BCUT2D eigenvalue weighted by Gasteiger charge is -2.65. The quantitative estimate of drug-likeness (QED) is 0.160. The molecule has 278 valence electrons. The van der Waals surface area contributed by atoms with Gasteiger partial charge < -0.3 is 64.5 Å². The first kappa shape index (κ1) is 36.1. The van der Waals surface area contributed by atoms with Gasteiger partial charge in [-0.2, -0.15) is 0 Å². The van der Waals surface area contributed by atoms with E-state index in [0.29, 0.717) is 44.1 Å². The molecule has 4 saturated carbocycles. The molecule has 0 bridgehead atoms. The first-order valence-electron chi connectivity index (χ1n) is 18.0. The molecule has 7 rings (SSSR count). The van der Waals surface area contributed by atoms with Crippen molar-refractivity contribution in [2.75, 3.05) is 13.2 Å². The van der Waals surface area contributed by atoms with E-state index in [1.54, 1.807) is 0 Å². The predicted octanol–water partition coefficient (Wildman–Crippen LogP) is -0.749. The van der Waals surface area contributed by atoms with Crippen LogP contribution in [0.4, 0.5) is 0 Å². The van der Waals surface area contributed by atoms with Crippen molar-refractivity contribution in [3.05, 3.63) is 11.6 Å². The lowest BCUT2D eigenvalue weighted by Crippen LogP contribution is -2.67.